The molecule has 0 saturated heterocycles. The van der Waals surface area contributed by atoms with Gasteiger partial charge in [-0.2, -0.15) is 0 Å². The number of nitrogen functional groups attached to an aromatic ring is 1. The summed E-state index contributed by atoms with van der Waals surface area (Å²) in [5, 5.41) is 9.13. The van der Waals surface area contributed by atoms with Crippen LogP contribution in [-0.4, -0.2) is 17.4 Å². The number of nitrogens with two attached hydrogens (primary N) is 2. The summed E-state index contributed by atoms with van der Waals surface area (Å²) in [7, 11) is 0. The van der Waals surface area contributed by atoms with Gasteiger partial charge in [0.15, 0.2) is 5.78 Å². The first-order chi connectivity index (χ1) is 5.65. The van der Waals surface area contributed by atoms with Crippen LogP contribution in [0.25, 0.3) is 0 Å². The normalized spacial score (nSPS) is 9.75. The SMILES string of the molecule is NCC(=O)c1ccc(N)c(O)c1. The number of aromatic hydroxyl groups is 1. The maximum absolute atomic E-state index is 11.0. The second kappa shape index (κ2) is 3.23. The van der Waals surface area contributed by atoms with Crippen molar-refractivity contribution in [3.63, 3.8) is 0 Å². The van der Waals surface area contributed by atoms with E-state index in [0.29, 0.717) is 5.56 Å². The predicted octanol–water partition coefficient (Wildman–Crippen LogP) is 0.116. The first-order valence-corrected chi connectivity index (χ1v) is 3.47. The van der Waals surface area contributed by atoms with E-state index in [1.165, 1.54) is 18.2 Å². The van der Waals surface area contributed by atoms with Crippen molar-refractivity contribution in [3.8, 4) is 5.75 Å². The highest BCUT2D eigenvalue weighted by Gasteiger charge is 2.05. The van der Waals surface area contributed by atoms with Gasteiger partial charge in [-0.3, -0.25) is 4.79 Å². The van der Waals surface area contributed by atoms with Crippen molar-refractivity contribution in [3.05, 3.63) is 23.8 Å². The molecule has 0 aliphatic heterocycles. The summed E-state index contributed by atoms with van der Waals surface area (Å²) >= 11 is 0. The van der Waals surface area contributed by atoms with Crippen molar-refractivity contribution >= 4 is 11.5 Å². The lowest BCUT2D eigenvalue weighted by atomic mass is 10.1. The Labute approximate surface area is 69.8 Å². The molecule has 0 unspecified atom stereocenters. The molecule has 0 fully saturated rings. The molecular weight excluding hydrogens is 156 g/mol. The standard InChI is InChI=1S/C8H10N2O2/c9-4-8(12)5-1-2-6(10)7(11)3-5/h1-3,11H,4,9-10H2. The molecule has 0 radical (unpaired) electrons. The highest BCUT2D eigenvalue weighted by Crippen LogP contribution is 2.20. The molecule has 4 heteroatoms. The van der Waals surface area contributed by atoms with E-state index in [0.717, 1.165) is 0 Å². The summed E-state index contributed by atoms with van der Waals surface area (Å²) < 4.78 is 0. The van der Waals surface area contributed by atoms with E-state index in [4.69, 9.17) is 16.6 Å². The quantitative estimate of drug-likeness (QED) is 0.330. The number of carbonyl (C=O) groups excluding carboxylic acids is 1. The van der Waals surface area contributed by atoms with Crippen LogP contribution >= 0.6 is 0 Å². The molecule has 1 aromatic rings. The van der Waals surface area contributed by atoms with Gasteiger partial charge in [0.1, 0.15) is 5.75 Å². The molecule has 0 heterocycles. The van der Waals surface area contributed by atoms with Crippen molar-refractivity contribution in [1.82, 2.24) is 0 Å². The highest BCUT2D eigenvalue weighted by molar-refractivity contribution is 5.98. The fourth-order valence-electron chi connectivity index (χ4n) is 0.835. The number of hydrogen-bond acceptors (Lipinski definition) is 4. The minimum Gasteiger partial charge on any atom is -0.506 e. The van der Waals surface area contributed by atoms with Crippen LogP contribution in [0.5, 0.6) is 5.75 Å². The van der Waals surface area contributed by atoms with E-state index in [9.17, 15) is 4.79 Å². The van der Waals surface area contributed by atoms with Gasteiger partial charge in [-0.1, -0.05) is 0 Å². The number of phenolic OH excluding ortho intramolecular Hbond substituents is 1. The minimum absolute atomic E-state index is 0.0661. The van der Waals surface area contributed by atoms with Gasteiger partial charge in [-0.25, -0.2) is 0 Å². The molecule has 64 valence electrons. The van der Waals surface area contributed by atoms with Crippen molar-refractivity contribution in [2.45, 2.75) is 0 Å². The zero-order valence-corrected chi connectivity index (χ0v) is 6.45. The Morgan fingerprint density at radius 1 is 1.50 bits per heavy atom. The number of phenols is 1. The summed E-state index contributed by atoms with van der Waals surface area (Å²) in [6, 6.07) is 4.31. The lowest BCUT2D eigenvalue weighted by Gasteiger charge is -2.00. The number of rotatable bonds is 2. The fourth-order valence-corrected chi connectivity index (χ4v) is 0.835. The highest BCUT2D eigenvalue weighted by atomic mass is 16.3. The molecule has 0 atom stereocenters. The zero-order chi connectivity index (χ0) is 9.14. The molecule has 4 nitrogen and oxygen atoms in total. The van der Waals surface area contributed by atoms with Gasteiger partial charge >= 0.3 is 0 Å². The Morgan fingerprint density at radius 3 is 2.67 bits per heavy atom. The Bertz CT molecular complexity index is 310. The average molecular weight is 166 g/mol. The van der Waals surface area contributed by atoms with Gasteiger partial charge in [0.2, 0.25) is 0 Å². The summed E-state index contributed by atoms with van der Waals surface area (Å²) in [5.74, 6) is -0.306. The second-order valence-corrected chi connectivity index (χ2v) is 2.40. The molecule has 1 rings (SSSR count). The molecule has 1 aromatic carbocycles. The number of hydrogen-bond donors (Lipinski definition) is 3. The van der Waals surface area contributed by atoms with Crippen LogP contribution in [0.3, 0.4) is 0 Å². The third-order valence-electron chi connectivity index (χ3n) is 1.54. The molecule has 12 heavy (non-hydrogen) atoms. The van der Waals surface area contributed by atoms with E-state index in [2.05, 4.69) is 0 Å². The lowest BCUT2D eigenvalue weighted by Crippen LogP contribution is -2.13. The smallest absolute Gasteiger partial charge is 0.176 e. The molecule has 0 bridgehead atoms. The molecule has 0 saturated carbocycles. The van der Waals surface area contributed by atoms with E-state index < -0.39 is 0 Å². The monoisotopic (exact) mass is 166 g/mol. The van der Waals surface area contributed by atoms with Crippen LogP contribution in [0.2, 0.25) is 0 Å². The first kappa shape index (κ1) is 8.55. The van der Waals surface area contributed by atoms with Crippen LogP contribution in [-0.2, 0) is 0 Å². The summed E-state index contributed by atoms with van der Waals surface area (Å²) in [6.45, 7) is -0.0661. The largest absolute Gasteiger partial charge is 0.506 e. The molecule has 5 N–H and O–H groups in total. The molecule has 0 spiro atoms. The second-order valence-electron chi connectivity index (χ2n) is 2.40. The Morgan fingerprint density at radius 2 is 2.17 bits per heavy atom. The Balaban J connectivity index is 3.05. The Hall–Kier alpha value is -1.55. The fraction of sp³-hybridized carbons (Fsp3) is 0.125. The van der Waals surface area contributed by atoms with Crippen LogP contribution in [0.15, 0.2) is 18.2 Å². The van der Waals surface area contributed by atoms with E-state index in [1.54, 1.807) is 0 Å². The molecule has 0 aliphatic rings. The van der Waals surface area contributed by atoms with Crippen molar-refractivity contribution in [2.24, 2.45) is 5.73 Å². The zero-order valence-electron chi connectivity index (χ0n) is 6.45. The topological polar surface area (TPSA) is 89.3 Å². The number of Topliss-reactive ketones (excluding diaryl/α,β-unsaturated/α-hetero) is 1. The van der Waals surface area contributed by atoms with Gasteiger partial charge in [0, 0.05) is 5.56 Å². The average Bonchev–Trinajstić information content (AvgIpc) is 2.08. The summed E-state index contributed by atoms with van der Waals surface area (Å²) in [4.78, 5) is 11.0. The van der Waals surface area contributed by atoms with E-state index >= 15 is 0 Å². The van der Waals surface area contributed by atoms with Crippen LogP contribution < -0.4 is 11.5 Å². The number of carbonyl (C=O) groups is 1. The molecule has 0 aliphatic carbocycles. The first-order valence-electron chi connectivity index (χ1n) is 3.47. The molecule has 0 aromatic heterocycles. The maximum Gasteiger partial charge on any atom is 0.176 e. The number of anilines is 1. The number of ketones is 1. The minimum atomic E-state index is -0.217. The lowest BCUT2D eigenvalue weighted by molar-refractivity contribution is 0.100. The summed E-state index contributed by atoms with van der Waals surface area (Å²) in [5.41, 5.74) is 11.1. The maximum atomic E-state index is 11.0. The number of benzene rings is 1. The van der Waals surface area contributed by atoms with Gasteiger partial charge in [0.25, 0.3) is 0 Å². The Kier molecular flexibility index (Phi) is 2.30. The van der Waals surface area contributed by atoms with Gasteiger partial charge in [-0.15, -0.1) is 0 Å². The third-order valence-corrected chi connectivity index (χ3v) is 1.54. The van der Waals surface area contributed by atoms with Crippen LogP contribution in [0, 0.1) is 0 Å². The van der Waals surface area contributed by atoms with E-state index in [1.807, 2.05) is 0 Å². The van der Waals surface area contributed by atoms with Crippen LogP contribution in [0.4, 0.5) is 5.69 Å². The predicted molar refractivity (Wildman–Crippen MR) is 45.9 cm³/mol. The van der Waals surface area contributed by atoms with Gasteiger partial charge in [-0.05, 0) is 18.2 Å². The van der Waals surface area contributed by atoms with Crippen LogP contribution in [0.1, 0.15) is 10.4 Å². The van der Waals surface area contributed by atoms with Gasteiger partial charge in [0.05, 0.1) is 12.2 Å². The summed E-state index contributed by atoms with van der Waals surface area (Å²) in [6.07, 6.45) is 0. The van der Waals surface area contributed by atoms with Gasteiger partial charge < -0.3 is 16.6 Å². The van der Waals surface area contributed by atoms with Crippen molar-refractivity contribution < 1.29 is 9.90 Å². The third kappa shape index (κ3) is 1.54. The van der Waals surface area contributed by atoms with E-state index in [-0.39, 0.29) is 23.8 Å². The van der Waals surface area contributed by atoms with Crippen molar-refractivity contribution in [2.75, 3.05) is 12.3 Å². The molecule has 0 amide bonds. The molecular formula is C8H10N2O2. The van der Waals surface area contributed by atoms with Crippen molar-refractivity contribution in [1.29, 1.82) is 0 Å².